The van der Waals surface area contributed by atoms with Crippen molar-refractivity contribution in [2.24, 2.45) is 5.92 Å². The molecule has 0 fully saturated rings. The van der Waals surface area contributed by atoms with Crippen LogP contribution in [0.15, 0.2) is 52.5 Å². The summed E-state index contributed by atoms with van der Waals surface area (Å²) in [6.07, 6.45) is 2.01. The van der Waals surface area contributed by atoms with E-state index in [4.69, 9.17) is 0 Å². The van der Waals surface area contributed by atoms with Gasteiger partial charge in [-0.3, -0.25) is 0 Å². The van der Waals surface area contributed by atoms with Crippen LogP contribution in [0, 0.1) is 5.92 Å². The molecule has 24 heavy (non-hydrogen) atoms. The van der Waals surface area contributed by atoms with Crippen molar-refractivity contribution < 1.29 is 22.7 Å². The molecule has 0 aromatic heterocycles. The quantitative estimate of drug-likeness (QED) is 0.480. The minimum absolute atomic E-state index is 0.0742. The highest BCUT2D eigenvalue weighted by atomic mass is 79.9. The number of rotatable bonds is 3. The van der Waals surface area contributed by atoms with Crippen LogP contribution in [-0.4, -0.2) is 19.3 Å². The van der Waals surface area contributed by atoms with Gasteiger partial charge in [0, 0.05) is 10.0 Å². The number of ether oxygens (including phenoxy) is 1. The lowest BCUT2D eigenvalue weighted by Crippen LogP contribution is -2.17. The highest BCUT2D eigenvalue weighted by molar-refractivity contribution is 9.10. The van der Waals surface area contributed by atoms with Crippen LogP contribution in [0.25, 0.3) is 5.57 Å². The Morgan fingerprint density at radius 1 is 1.38 bits per heavy atom. The van der Waals surface area contributed by atoms with Crippen molar-refractivity contribution in [2.45, 2.75) is 19.5 Å². The third kappa shape index (κ3) is 4.17. The molecule has 0 amide bonds. The van der Waals surface area contributed by atoms with Crippen LogP contribution in [0.1, 0.15) is 29.3 Å². The molecule has 0 N–H and O–H groups in total. The Morgan fingerprint density at radius 3 is 2.62 bits per heavy atom. The van der Waals surface area contributed by atoms with Gasteiger partial charge in [0.15, 0.2) is 0 Å². The van der Waals surface area contributed by atoms with Crippen molar-refractivity contribution in [3.63, 3.8) is 0 Å². The fraction of sp³-hybridized carbons (Fsp3) is 0.278. The van der Waals surface area contributed by atoms with E-state index < -0.39 is 17.7 Å². The summed E-state index contributed by atoms with van der Waals surface area (Å²) in [4.78, 5) is 11.5. The average molecular weight is 401 g/mol. The van der Waals surface area contributed by atoms with Crippen molar-refractivity contribution in [1.29, 1.82) is 0 Å². The third-order valence-electron chi connectivity index (χ3n) is 3.68. The Bertz CT molecular complexity index is 730. The number of benzene rings is 1. The highest BCUT2D eigenvalue weighted by Gasteiger charge is 2.36. The summed E-state index contributed by atoms with van der Waals surface area (Å²) < 4.78 is 44.7. The number of alkyl halides is 3. The number of carbonyl (C=O) groups excluding carboxylic acids is 1. The summed E-state index contributed by atoms with van der Waals surface area (Å²) in [7, 11) is 1.27. The molecule has 1 unspecified atom stereocenters. The van der Waals surface area contributed by atoms with Gasteiger partial charge in [-0.25, -0.2) is 4.79 Å². The SMILES string of the molecule is CC=CC1C=C(c2ccc(C(=O)OC)cc2Br)C=C(C(F)(F)F)C1. The third-order valence-corrected chi connectivity index (χ3v) is 4.34. The van der Waals surface area contributed by atoms with Crippen molar-refractivity contribution in [3.8, 4) is 0 Å². The first-order chi connectivity index (χ1) is 11.3. The molecule has 0 aliphatic heterocycles. The van der Waals surface area contributed by atoms with Gasteiger partial charge in [0.25, 0.3) is 0 Å². The number of hydrogen-bond acceptors (Lipinski definition) is 2. The van der Waals surface area contributed by atoms with E-state index in [0.717, 1.165) is 6.08 Å². The lowest BCUT2D eigenvalue weighted by molar-refractivity contribution is -0.0946. The van der Waals surface area contributed by atoms with Crippen LogP contribution in [0.3, 0.4) is 0 Å². The van der Waals surface area contributed by atoms with Gasteiger partial charge < -0.3 is 4.74 Å². The van der Waals surface area contributed by atoms with E-state index in [1.54, 1.807) is 37.3 Å². The molecule has 1 aromatic carbocycles. The van der Waals surface area contributed by atoms with Gasteiger partial charge in [-0.1, -0.05) is 40.2 Å². The van der Waals surface area contributed by atoms with Crippen LogP contribution >= 0.6 is 15.9 Å². The van der Waals surface area contributed by atoms with E-state index in [0.29, 0.717) is 21.2 Å². The molecule has 6 heteroatoms. The molecule has 2 nitrogen and oxygen atoms in total. The van der Waals surface area contributed by atoms with Crippen LogP contribution in [0.2, 0.25) is 0 Å². The van der Waals surface area contributed by atoms with E-state index in [2.05, 4.69) is 20.7 Å². The second-order valence-electron chi connectivity index (χ2n) is 5.37. The van der Waals surface area contributed by atoms with Gasteiger partial charge in [-0.05, 0) is 48.6 Å². The second kappa shape index (κ2) is 7.38. The number of halogens is 4. The monoisotopic (exact) mass is 400 g/mol. The van der Waals surface area contributed by atoms with Crippen LogP contribution in [-0.2, 0) is 4.74 Å². The first-order valence-corrected chi connectivity index (χ1v) is 8.06. The molecule has 1 atom stereocenters. The maximum Gasteiger partial charge on any atom is 0.412 e. The summed E-state index contributed by atoms with van der Waals surface area (Å²) in [6.45, 7) is 1.78. The van der Waals surface area contributed by atoms with Crippen LogP contribution < -0.4 is 0 Å². The number of allylic oxidation sites excluding steroid dienone is 6. The van der Waals surface area contributed by atoms with Gasteiger partial charge in [0.05, 0.1) is 12.7 Å². The van der Waals surface area contributed by atoms with Crippen molar-refractivity contribution in [3.05, 3.63) is 63.7 Å². The summed E-state index contributed by atoms with van der Waals surface area (Å²) >= 11 is 3.33. The minimum Gasteiger partial charge on any atom is -0.465 e. The van der Waals surface area contributed by atoms with Gasteiger partial charge in [0.2, 0.25) is 0 Å². The fourth-order valence-electron chi connectivity index (χ4n) is 2.57. The largest absolute Gasteiger partial charge is 0.465 e. The number of esters is 1. The zero-order valence-electron chi connectivity index (χ0n) is 13.2. The van der Waals surface area contributed by atoms with Gasteiger partial charge in [-0.2, -0.15) is 13.2 Å². The molecule has 1 aliphatic rings. The topological polar surface area (TPSA) is 26.3 Å². The normalized spacial score (nSPS) is 18.3. The maximum atomic E-state index is 13.2. The van der Waals surface area contributed by atoms with E-state index in [-0.39, 0.29) is 12.3 Å². The standard InChI is InChI=1S/C18H16BrF3O2/c1-3-4-11-7-13(9-14(8-11)18(20,21)22)15-6-5-12(10-16(15)19)17(23)24-2/h3-7,9-11H,8H2,1-2H3. The summed E-state index contributed by atoms with van der Waals surface area (Å²) in [5.74, 6) is -0.822. The van der Waals surface area contributed by atoms with E-state index in [1.807, 2.05) is 0 Å². The Morgan fingerprint density at radius 2 is 2.08 bits per heavy atom. The number of carbonyl (C=O) groups is 1. The molecule has 0 heterocycles. The molecule has 0 bridgehead atoms. The summed E-state index contributed by atoms with van der Waals surface area (Å²) in [5, 5.41) is 0. The van der Waals surface area contributed by atoms with E-state index >= 15 is 0 Å². The van der Waals surface area contributed by atoms with Gasteiger partial charge >= 0.3 is 12.1 Å². The van der Waals surface area contributed by atoms with Crippen LogP contribution in [0.5, 0.6) is 0 Å². The van der Waals surface area contributed by atoms with Crippen molar-refractivity contribution in [1.82, 2.24) is 0 Å². The van der Waals surface area contributed by atoms with Crippen LogP contribution in [0.4, 0.5) is 13.2 Å². The van der Waals surface area contributed by atoms with Gasteiger partial charge in [-0.15, -0.1) is 0 Å². The molecular weight excluding hydrogens is 385 g/mol. The molecule has 2 rings (SSSR count). The summed E-state index contributed by atoms with van der Waals surface area (Å²) in [5.41, 5.74) is 0.833. The first-order valence-electron chi connectivity index (χ1n) is 7.27. The zero-order chi connectivity index (χ0) is 17.9. The molecule has 0 radical (unpaired) electrons. The molecule has 0 spiro atoms. The number of methoxy groups -OCH3 is 1. The van der Waals surface area contributed by atoms with Crippen molar-refractivity contribution >= 4 is 27.5 Å². The minimum atomic E-state index is -4.36. The zero-order valence-corrected chi connectivity index (χ0v) is 14.7. The lowest BCUT2D eigenvalue weighted by Gasteiger charge is -2.22. The highest BCUT2D eigenvalue weighted by Crippen LogP contribution is 2.39. The predicted octanol–water partition coefficient (Wildman–Crippen LogP) is 5.70. The number of hydrogen-bond donors (Lipinski definition) is 0. The molecule has 0 saturated heterocycles. The Kier molecular flexibility index (Phi) is 5.70. The van der Waals surface area contributed by atoms with E-state index in [1.165, 1.54) is 13.2 Å². The smallest absolute Gasteiger partial charge is 0.412 e. The summed E-state index contributed by atoms with van der Waals surface area (Å²) in [6, 6.07) is 4.69. The van der Waals surface area contributed by atoms with Crippen molar-refractivity contribution in [2.75, 3.05) is 7.11 Å². The molecule has 1 aromatic rings. The lowest BCUT2D eigenvalue weighted by atomic mass is 9.87. The maximum absolute atomic E-state index is 13.2. The molecular formula is C18H16BrF3O2. The van der Waals surface area contributed by atoms with Gasteiger partial charge in [0.1, 0.15) is 0 Å². The molecule has 0 saturated carbocycles. The second-order valence-corrected chi connectivity index (χ2v) is 6.22. The first kappa shape index (κ1) is 18.5. The fourth-order valence-corrected chi connectivity index (χ4v) is 3.18. The Balaban J connectivity index is 2.48. The molecule has 1 aliphatic carbocycles. The van der Waals surface area contributed by atoms with E-state index in [9.17, 15) is 18.0 Å². The average Bonchev–Trinajstić information content (AvgIpc) is 2.53. The molecule has 128 valence electrons. The Labute approximate surface area is 146 Å². The predicted molar refractivity (Wildman–Crippen MR) is 90.5 cm³/mol. The Hall–Kier alpha value is -1.82.